The van der Waals surface area contributed by atoms with Crippen LogP contribution in [0.2, 0.25) is 0 Å². The Kier molecular flexibility index (Phi) is 4.34. The maximum atomic E-state index is 12.5. The van der Waals surface area contributed by atoms with Crippen LogP contribution in [0.25, 0.3) is 11.0 Å². The minimum atomic E-state index is -0.180. The molecule has 27 heavy (non-hydrogen) atoms. The van der Waals surface area contributed by atoms with Crippen LogP contribution in [-0.4, -0.2) is 15.5 Å². The van der Waals surface area contributed by atoms with Crippen molar-refractivity contribution >= 4 is 28.3 Å². The second-order valence-corrected chi connectivity index (χ2v) is 6.48. The molecule has 0 aliphatic heterocycles. The number of nitrogens with zero attached hydrogens (tertiary/aromatic N) is 2. The molecule has 5 heteroatoms. The summed E-state index contributed by atoms with van der Waals surface area (Å²) in [5.41, 5.74) is 10.8. The minimum absolute atomic E-state index is 0.110. The first-order valence-electron chi connectivity index (χ1n) is 8.81. The first-order valence-corrected chi connectivity index (χ1v) is 8.81. The lowest BCUT2D eigenvalue weighted by molar-refractivity contribution is 0.102. The van der Waals surface area contributed by atoms with Gasteiger partial charge in [0.15, 0.2) is 0 Å². The average molecular weight is 356 g/mol. The molecule has 0 fully saturated rings. The van der Waals surface area contributed by atoms with Crippen molar-refractivity contribution in [2.75, 3.05) is 11.1 Å². The zero-order chi connectivity index (χ0) is 18.8. The van der Waals surface area contributed by atoms with Gasteiger partial charge in [0, 0.05) is 5.56 Å². The number of rotatable bonds is 4. The zero-order valence-corrected chi connectivity index (χ0v) is 15.0. The number of nitrogen functional groups attached to an aromatic ring is 1. The van der Waals surface area contributed by atoms with Crippen molar-refractivity contribution in [3.05, 3.63) is 90.3 Å². The molecule has 0 spiro atoms. The summed E-state index contributed by atoms with van der Waals surface area (Å²) in [6, 6.07) is 23.0. The van der Waals surface area contributed by atoms with E-state index in [2.05, 4.69) is 27.9 Å². The highest BCUT2D eigenvalue weighted by atomic mass is 16.1. The standard InChI is InChI=1S/C22H20N4O/c1-15(26-14-24-20-8-4-5-9-21(20)26)16-10-12-17(13-11-16)22(27)25-19-7-3-2-6-18(19)23/h2-15H,23H2,1H3,(H,25,27). The molecular formula is C22H20N4O. The molecule has 4 rings (SSSR count). The molecule has 1 heterocycles. The van der Waals surface area contributed by atoms with E-state index in [0.29, 0.717) is 16.9 Å². The van der Waals surface area contributed by atoms with Gasteiger partial charge in [-0.05, 0) is 48.9 Å². The second kappa shape index (κ2) is 6.96. The SMILES string of the molecule is CC(c1ccc(C(=O)Nc2ccccc2N)cc1)n1cnc2ccccc21. The third-order valence-corrected chi connectivity index (χ3v) is 4.76. The van der Waals surface area contributed by atoms with Gasteiger partial charge in [-0.15, -0.1) is 0 Å². The van der Waals surface area contributed by atoms with Gasteiger partial charge in [0.2, 0.25) is 0 Å². The predicted octanol–water partition coefficient (Wildman–Crippen LogP) is 4.48. The van der Waals surface area contributed by atoms with Gasteiger partial charge in [0.05, 0.1) is 34.8 Å². The monoisotopic (exact) mass is 356 g/mol. The van der Waals surface area contributed by atoms with E-state index in [4.69, 9.17) is 5.73 Å². The maximum Gasteiger partial charge on any atom is 0.255 e. The van der Waals surface area contributed by atoms with E-state index in [1.54, 1.807) is 12.1 Å². The Morgan fingerprint density at radius 2 is 1.70 bits per heavy atom. The second-order valence-electron chi connectivity index (χ2n) is 6.48. The molecule has 1 unspecified atom stereocenters. The Hall–Kier alpha value is -3.60. The summed E-state index contributed by atoms with van der Waals surface area (Å²) in [6.07, 6.45) is 1.86. The summed E-state index contributed by atoms with van der Waals surface area (Å²) in [7, 11) is 0. The number of carbonyl (C=O) groups excluding carboxylic acids is 1. The Morgan fingerprint density at radius 1 is 1.00 bits per heavy atom. The van der Waals surface area contributed by atoms with E-state index in [1.165, 1.54) is 0 Å². The maximum absolute atomic E-state index is 12.5. The highest BCUT2D eigenvalue weighted by Gasteiger charge is 2.13. The molecule has 1 aromatic heterocycles. The molecule has 0 aliphatic carbocycles. The van der Waals surface area contributed by atoms with E-state index in [1.807, 2.05) is 60.9 Å². The topological polar surface area (TPSA) is 72.9 Å². The summed E-state index contributed by atoms with van der Waals surface area (Å²) in [4.78, 5) is 16.9. The van der Waals surface area contributed by atoms with Gasteiger partial charge in [0.1, 0.15) is 0 Å². The molecule has 134 valence electrons. The molecule has 3 aromatic carbocycles. The van der Waals surface area contributed by atoms with Crippen molar-refractivity contribution in [1.29, 1.82) is 0 Å². The average Bonchev–Trinajstić information content (AvgIpc) is 3.13. The molecule has 0 saturated carbocycles. The lowest BCUT2D eigenvalue weighted by atomic mass is 10.1. The Labute approximate surface area is 157 Å². The number of amides is 1. The fraction of sp³-hybridized carbons (Fsp3) is 0.0909. The summed E-state index contributed by atoms with van der Waals surface area (Å²) in [5, 5.41) is 2.85. The predicted molar refractivity (Wildman–Crippen MR) is 109 cm³/mol. The number of hydrogen-bond donors (Lipinski definition) is 2. The highest BCUT2D eigenvalue weighted by molar-refractivity contribution is 6.05. The van der Waals surface area contributed by atoms with Gasteiger partial charge in [-0.3, -0.25) is 4.79 Å². The number of benzene rings is 3. The summed E-state index contributed by atoms with van der Waals surface area (Å²) < 4.78 is 2.13. The van der Waals surface area contributed by atoms with Crippen molar-refractivity contribution in [3.8, 4) is 0 Å². The third kappa shape index (κ3) is 3.27. The Morgan fingerprint density at radius 3 is 2.48 bits per heavy atom. The highest BCUT2D eigenvalue weighted by Crippen LogP contribution is 2.24. The van der Waals surface area contributed by atoms with Crippen LogP contribution in [0.3, 0.4) is 0 Å². The van der Waals surface area contributed by atoms with Crippen LogP contribution in [0, 0.1) is 0 Å². The van der Waals surface area contributed by atoms with Crippen molar-refractivity contribution in [2.24, 2.45) is 0 Å². The van der Waals surface area contributed by atoms with E-state index in [0.717, 1.165) is 16.6 Å². The molecule has 3 N–H and O–H groups in total. The quantitative estimate of drug-likeness (QED) is 0.530. The molecule has 4 aromatic rings. The first kappa shape index (κ1) is 16.8. The van der Waals surface area contributed by atoms with Crippen LogP contribution >= 0.6 is 0 Å². The van der Waals surface area contributed by atoms with E-state index in [9.17, 15) is 4.79 Å². The third-order valence-electron chi connectivity index (χ3n) is 4.76. The Balaban J connectivity index is 1.55. The van der Waals surface area contributed by atoms with Gasteiger partial charge in [-0.1, -0.05) is 36.4 Å². The van der Waals surface area contributed by atoms with E-state index < -0.39 is 0 Å². The van der Waals surface area contributed by atoms with Gasteiger partial charge in [-0.2, -0.15) is 0 Å². The normalized spacial score (nSPS) is 12.0. The number of para-hydroxylation sites is 4. The van der Waals surface area contributed by atoms with Crippen LogP contribution in [-0.2, 0) is 0 Å². The molecule has 1 atom stereocenters. The largest absolute Gasteiger partial charge is 0.397 e. The summed E-state index contributed by atoms with van der Waals surface area (Å²) >= 11 is 0. The lowest BCUT2D eigenvalue weighted by Gasteiger charge is -2.15. The molecule has 0 aliphatic rings. The van der Waals surface area contributed by atoms with Gasteiger partial charge >= 0.3 is 0 Å². The molecule has 5 nitrogen and oxygen atoms in total. The van der Waals surface area contributed by atoms with Gasteiger partial charge in [-0.25, -0.2) is 4.98 Å². The van der Waals surface area contributed by atoms with Crippen LogP contribution in [0.4, 0.5) is 11.4 Å². The lowest BCUT2D eigenvalue weighted by Crippen LogP contribution is -2.13. The van der Waals surface area contributed by atoms with Crippen molar-refractivity contribution in [2.45, 2.75) is 13.0 Å². The van der Waals surface area contributed by atoms with Gasteiger partial charge in [0.25, 0.3) is 5.91 Å². The minimum Gasteiger partial charge on any atom is -0.397 e. The van der Waals surface area contributed by atoms with Crippen molar-refractivity contribution < 1.29 is 4.79 Å². The van der Waals surface area contributed by atoms with Gasteiger partial charge < -0.3 is 15.6 Å². The molecule has 0 saturated heterocycles. The van der Waals surface area contributed by atoms with Crippen LogP contribution in [0.5, 0.6) is 0 Å². The number of nitrogens with one attached hydrogen (secondary N) is 1. The van der Waals surface area contributed by atoms with Crippen LogP contribution in [0.15, 0.2) is 79.1 Å². The number of imidazole rings is 1. The van der Waals surface area contributed by atoms with Crippen molar-refractivity contribution in [3.63, 3.8) is 0 Å². The molecule has 0 bridgehead atoms. The fourth-order valence-corrected chi connectivity index (χ4v) is 3.17. The van der Waals surface area contributed by atoms with E-state index >= 15 is 0 Å². The number of carbonyl (C=O) groups is 1. The summed E-state index contributed by atoms with van der Waals surface area (Å²) in [6.45, 7) is 2.12. The number of fused-ring (bicyclic) bond motifs is 1. The number of aromatic nitrogens is 2. The molecular weight excluding hydrogens is 336 g/mol. The summed E-state index contributed by atoms with van der Waals surface area (Å²) in [5.74, 6) is -0.180. The Bertz CT molecular complexity index is 1100. The number of hydrogen-bond acceptors (Lipinski definition) is 3. The molecule has 1 amide bonds. The van der Waals surface area contributed by atoms with Crippen LogP contribution < -0.4 is 11.1 Å². The van der Waals surface area contributed by atoms with E-state index in [-0.39, 0.29) is 11.9 Å². The van der Waals surface area contributed by atoms with Crippen molar-refractivity contribution in [1.82, 2.24) is 9.55 Å². The van der Waals surface area contributed by atoms with Crippen LogP contribution in [0.1, 0.15) is 28.9 Å². The zero-order valence-electron chi connectivity index (χ0n) is 15.0. The number of nitrogens with two attached hydrogens (primary N) is 1. The fourth-order valence-electron chi connectivity index (χ4n) is 3.17. The number of anilines is 2. The smallest absolute Gasteiger partial charge is 0.255 e. The molecule has 0 radical (unpaired) electrons. The first-order chi connectivity index (χ1) is 13.1.